The van der Waals surface area contributed by atoms with Gasteiger partial charge in [-0.1, -0.05) is 19.1 Å². The Hall–Kier alpha value is -1.57. The minimum absolute atomic E-state index is 0.200. The van der Waals surface area contributed by atoms with Gasteiger partial charge in [0.05, 0.1) is 0 Å². The average molecular weight is 187 g/mol. The van der Waals surface area contributed by atoms with E-state index < -0.39 is 0 Å². The molecule has 72 valence electrons. The first-order valence-electron chi connectivity index (χ1n) is 4.84. The van der Waals surface area contributed by atoms with Gasteiger partial charge in [0, 0.05) is 29.1 Å². The summed E-state index contributed by atoms with van der Waals surface area (Å²) < 4.78 is 0. The second-order valence-electron chi connectivity index (χ2n) is 3.48. The van der Waals surface area contributed by atoms with Crippen LogP contribution in [-0.4, -0.2) is 10.8 Å². The Morgan fingerprint density at radius 3 is 2.93 bits per heavy atom. The smallest absolute Gasteiger partial charge is 0.164 e. The number of nitrogens with one attached hydrogen (secondary N) is 1. The van der Waals surface area contributed by atoms with Crippen LogP contribution in [0.5, 0.6) is 0 Å². The van der Waals surface area contributed by atoms with Crippen LogP contribution in [-0.2, 0) is 0 Å². The zero-order chi connectivity index (χ0) is 10.1. The highest BCUT2D eigenvalue weighted by molar-refractivity contribution is 6.08. The van der Waals surface area contributed by atoms with Crippen LogP contribution in [0.2, 0.25) is 0 Å². The maximum absolute atomic E-state index is 11.6. The summed E-state index contributed by atoms with van der Waals surface area (Å²) in [5.41, 5.74) is 3.02. The molecule has 0 spiro atoms. The first-order chi connectivity index (χ1) is 6.74. The van der Waals surface area contributed by atoms with Crippen molar-refractivity contribution in [2.45, 2.75) is 20.3 Å². The van der Waals surface area contributed by atoms with Gasteiger partial charge >= 0.3 is 0 Å². The van der Waals surface area contributed by atoms with Gasteiger partial charge in [-0.25, -0.2) is 0 Å². The van der Waals surface area contributed by atoms with Crippen molar-refractivity contribution in [3.8, 4) is 0 Å². The molecule has 0 atom stereocenters. The van der Waals surface area contributed by atoms with Gasteiger partial charge in [-0.3, -0.25) is 4.79 Å². The van der Waals surface area contributed by atoms with Gasteiger partial charge in [0.1, 0.15) is 0 Å². The van der Waals surface area contributed by atoms with Crippen molar-refractivity contribution in [2.75, 3.05) is 0 Å². The fourth-order valence-electron chi connectivity index (χ4n) is 1.78. The molecule has 0 aliphatic rings. The van der Waals surface area contributed by atoms with E-state index in [1.807, 2.05) is 38.2 Å². The predicted octanol–water partition coefficient (Wildman–Crippen LogP) is 3.07. The fraction of sp³-hybridized carbons (Fsp3) is 0.250. The largest absolute Gasteiger partial charge is 0.360 e. The molecule has 1 aromatic heterocycles. The molecule has 0 bridgehead atoms. The van der Waals surface area contributed by atoms with Gasteiger partial charge in [0.15, 0.2) is 5.78 Å². The van der Waals surface area contributed by atoms with Crippen LogP contribution in [0, 0.1) is 6.92 Å². The van der Waals surface area contributed by atoms with Crippen molar-refractivity contribution in [1.29, 1.82) is 0 Å². The average Bonchev–Trinajstić information content (AvgIpc) is 2.62. The molecule has 2 aromatic rings. The van der Waals surface area contributed by atoms with Gasteiger partial charge in [0.25, 0.3) is 0 Å². The standard InChI is InChI=1S/C12H13NO/c1-3-11(14)9-7-13-10-6-4-5-8(2)12(9)10/h4-7,13H,3H2,1-2H3. The summed E-state index contributed by atoms with van der Waals surface area (Å²) in [5.74, 6) is 0.200. The van der Waals surface area contributed by atoms with E-state index in [4.69, 9.17) is 0 Å². The van der Waals surface area contributed by atoms with Crippen molar-refractivity contribution in [2.24, 2.45) is 0 Å². The number of carbonyl (C=O) groups is 1. The fourth-order valence-corrected chi connectivity index (χ4v) is 1.78. The van der Waals surface area contributed by atoms with Gasteiger partial charge in [-0.05, 0) is 18.6 Å². The van der Waals surface area contributed by atoms with E-state index in [0.29, 0.717) is 6.42 Å². The number of carbonyl (C=O) groups excluding carboxylic acids is 1. The molecule has 14 heavy (non-hydrogen) atoms. The number of Topliss-reactive ketones (excluding diaryl/α,β-unsaturated/α-hetero) is 1. The highest BCUT2D eigenvalue weighted by Crippen LogP contribution is 2.22. The Morgan fingerprint density at radius 2 is 2.21 bits per heavy atom. The summed E-state index contributed by atoms with van der Waals surface area (Å²) in [5, 5.41) is 1.07. The number of aryl methyl sites for hydroxylation is 1. The molecule has 2 heteroatoms. The van der Waals surface area contributed by atoms with Crippen LogP contribution in [0.3, 0.4) is 0 Å². The van der Waals surface area contributed by atoms with Crippen LogP contribution >= 0.6 is 0 Å². The number of aromatic nitrogens is 1. The highest BCUT2D eigenvalue weighted by atomic mass is 16.1. The zero-order valence-electron chi connectivity index (χ0n) is 8.42. The molecule has 0 aliphatic carbocycles. The lowest BCUT2D eigenvalue weighted by Gasteiger charge is -1.98. The number of fused-ring (bicyclic) bond motifs is 1. The minimum Gasteiger partial charge on any atom is -0.360 e. The molecule has 1 N–H and O–H groups in total. The second-order valence-corrected chi connectivity index (χ2v) is 3.48. The Labute approximate surface area is 82.9 Å². The topological polar surface area (TPSA) is 32.9 Å². The van der Waals surface area contributed by atoms with Crippen molar-refractivity contribution in [3.05, 3.63) is 35.5 Å². The first kappa shape index (κ1) is 9.00. The van der Waals surface area contributed by atoms with E-state index in [1.165, 1.54) is 0 Å². The van der Waals surface area contributed by atoms with Crippen LogP contribution in [0.15, 0.2) is 24.4 Å². The monoisotopic (exact) mass is 187 g/mol. The van der Waals surface area contributed by atoms with E-state index in [0.717, 1.165) is 22.0 Å². The van der Waals surface area contributed by atoms with Gasteiger partial charge < -0.3 is 4.98 Å². The summed E-state index contributed by atoms with van der Waals surface area (Å²) in [6.45, 7) is 3.92. The molecule has 0 saturated heterocycles. The van der Waals surface area contributed by atoms with Gasteiger partial charge in [0.2, 0.25) is 0 Å². The van der Waals surface area contributed by atoms with Gasteiger partial charge in [-0.15, -0.1) is 0 Å². The Kier molecular flexibility index (Phi) is 2.12. The molecular formula is C12H13NO. The van der Waals surface area contributed by atoms with Crippen LogP contribution < -0.4 is 0 Å². The first-order valence-corrected chi connectivity index (χ1v) is 4.84. The Bertz CT molecular complexity index is 482. The molecular weight excluding hydrogens is 174 g/mol. The van der Waals surface area contributed by atoms with Crippen molar-refractivity contribution < 1.29 is 4.79 Å². The molecule has 0 radical (unpaired) electrons. The van der Waals surface area contributed by atoms with E-state index in [9.17, 15) is 4.79 Å². The number of hydrogen-bond acceptors (Lipinski definition) is 1. The normalized spacial score (nSPS) is 10.7. The van der Waals surface area contributed by atoms with Crippen molar-refractivity contribution in [3.63, 3.8) is 0 Å². The number of H-pyrrole nitrogens is 1. The lowest BCUT2D eigenvalue weighted by Crippen LogP contribution is -1.95. The quantitative estimate of drug-likeness (QED) is 0.720. The lowest BCUT2D eigenvalue weighted by molar-refractivity contribution is 0.0989. The van der Waals surface area contributed by atoms with Crippen LogP contribution in [0.4, 0.5) is 0 Å². The van der Waals surface area contributed by atoms with E-state index in [-0.39, 0.29) is 5.78 Å². The number of benzene rings is 1. The molecule has 1 aromatic carbocycles. The summed E-state index contributed by atoms with van der Waals surface area (Å²) in [7, 11) is 0. The predicted molar refractivity (Wildman–Crippen MR) is 57.7 cm³/mol. The molecule has 2 rings (SSSR count). The molecule has 2 nitrogen and oxygen atoms in total. The van der Waals surface area contributed by atoms with Crippen molar-refractivity contribution >= 4 is 16.7 Å². The molecule has 0 amide bonds. The third kappa shape index (κ3) is 1.23. The second kappa shape index (κ2) is 3.29. The molecule has 0 aliphatic heterocycles. The maximum Gasteiger partial charge on any atom is 0.164 e. The Balaban J connectivity index is 2.73. The van der Waals surface area contributed by atoms with Crippen LogP contribution in [0.25, 0.3) is 10.9 Å². The SMILES string of the molecule is CCC(=O)c1c[nH]c2cccc(C)c12. The van der Waals surface area contributed by atoms with Gasteiger partial charge in [-0.2, -0.15) is 0 Å². The molecule has 0 unspecified atom stereocenters. The third-order valence-corrected chi connectivity index (χ3v) is 2.54. The third-order valence-electron chi connectivity index (χ3n) is 2.54. The summed E-state index contributed by atoms with van der Waals surface area (Å²) >= 11 is 0. The zero-order valence-corrected chi connectivity index (χ0v) is 8.42. The summed E-state index contributed by atoms with van der Waals surface area (Å²) in [6, 6.07) is 6.02. The molecule has 1 heterocycles. The highest BCUT2D eigenvalue weighted by Gasteiger charge is 2.11. The summed E-state index contributed by atoms with van der Waals surface area (Å²) in [6.07, 6.45) is 2.37. The molecule has 0 saturated carbocycles. The van der Waals surface area contributed by atoms with E-state index >= 15 is 0 Å². The van der Waals surface area contributed by atoms with Crippen molar-refractivity contribution in [1.82, 2.24) is 4.98 Å². The van der Waals surface area contributed by atoms with Crippen LogP contribution in [0.1, 0.15) is 29.3 Å². The number of aromatic amines is 1. The maximum atomic E-state index is 11.6. The molecule has 0 fully saturated rings. The Morgan fingerprint density at radius 1 is 1.43 bits per heavy atom. The number of ketones is 1. The van der Waals surface area contributed by atoms with E-state index in [2.05, 4.69) is 4.98 Å². The number of hydrogen-bond donors (Lipinski definition) is 1. The summed E-state index contributed by atoms with van der Waals surface area (Å²) in [4.78, 5) is 14.7. The van der Waals surface area contributed by atoms with E-state index in [1.54, 1.807) is 0 Å². The number of rotatable bonds is 2. The minimum atomic E-state index is 0.200. The lowest BCUT2D eigenvalue weighted by atomic mass is 10.0.